The summed E-state index contributed by atoms with van der Waals surface area (Å²) in [5, 5.41) is 25.4. The standard InChI is InChI=1S/C24H26N8O/c1-17-16-30(2)10-11-31(17)22-12-21(29-23-20(4-3-9-25)15-28-32(22)23)24(33)27-14-19-7-5-18(13-26)6-8-19/h5-8,12,15,17H,3-4,10-11,14,16H2,1-2H3,(H,27,33)/t17-/m1/s1. The Morgan fingerprint density at radius 2 is 2.03 bits per heavy atom. The summed E-state index contributed by atoms with van der Waals surface area (Å²) in [6.07, 6.45) is 2.63. The van der Waals surface area contributed by atoms with Crippen LogP contribution >= 0.6 is 0 Å². The van der Waals surface area contributed by atoms with E-state index in [0.717, 1.165) is 36.6 Å². The van der Waals surface area contributed by atoms with Gasteiger partial charge in [0.2, 0.25) is 0 Å². The van der Waals surface area contributed by atoms with Crippen molar-refractivity contribution in [3.8, 4) is 12.1 Å². The largest absolute Gasteiger partial charge is 0.351 e. The molecule has 0 bridgehead atoms. The molecule has 1 aliphatic rings. The highest BCUT2D eigenvalue weighted by Gasteiger charge is 2.26. The number of aryl methyl sites for hydroxylation is 1. The number of carbonyl (C=O) groups is 1. The quantitative estimate of drug-likeness (QED) is 0.622. The van der Waals surface area contributed by atoms with E-state index in [1.54, 1.807) is 28.9 Å². The number of amides is 1. The van der Waals surface area contributed by atoms with Crippen molar-refractivity contribution in [2.75, 3.05) is 31.6 Å². The van der Waals surface area contributed by atoms with E-state index in [0.29, 0.717) is 36.3 Å². The lowest BCUT2D eigenvalue weighted by Crippen LogP contribution is -2.51. The van der Waals surface area contributed by atoms with E-state index in [4.69, 9.17) is 10.5 Å². The van der Waals surface area contributed by atoms with Crippen LogP contribution < -0.4 is 10.2 Å². The molecule has 9 heteroatoms. The van der Waals surface area contributed by atoms with Crippen LogP contribution in [0.5, 0.6) is 0 Å². The van der Waals surface area contributed by atoms with Crippen LogP contribution in [0.1, 0.15) is 40.5 Å². The predicted octanol–water partition coefficient (Wildman–Crippen LogP) is 2.13. The smallest absolute Gasteiger partial charge is 0.270 e. The lowest BCUT2D eigenvalue weighted by molar-refractivity contribution is 0.0946. The zero-order valence-corrected chi connectivity index (χ0v) is 18.8. The molecule has 0 aliphatic carbocycles. The second-order valence-electron chi connectivity index (χ2n) is 8.36. The summed E-state index contributed by atoms with van der Waals surface area (Å²) in [6, 6.07) is 13.4. The maximum Gasteiger partial charge on any atom is 0.270 e. The van der Waals surface area contributed by atoms with Crippen molar-refractivity contribution >= 4 is 17.4 Å². The van der Waals surface area contributed by atoms with Gasteiger partial charge in [-0.3, -0.25) is 4.79 Å². The van der Waals surface area contributed by atoms with Gasteiger partial charge in [0, 0.05) is 50.3 Å². The molecule has 0 saturated carbocycles. The number of hydrogen-bond donors (Lipinski definition) is 1. The van der Waals surface area contributed by atoms with Crippen LogP contribution in [-0.4, -0.2) is 58.1 Å². The SMILES string of the molecule is C[C@@H]1CN(C)CCN1c1cc(C(=O)NCc2ccc(C#N)cc2)nc2c(CCC#N)cnn12. The van der Waals surface area contributed by atoms with Crippen LogP contribution in [0.2, 0.25) is 0 Å². The van der Waals surface area contributed by atoms with Crippen molar-refractivity contribution in [3.63, 3.8) is 0 Å². The molecule has 4 rings (SSSR count). The minimum absolute atomic E-state index is 0.246. The van der Waals surface area contributed by atoms with Crippen molar-refractivity contribution in [2.24, 2.45) is 0 Å². The fraction of sp³-hybridized carbons (Fsp3) is 0.375. The van der Waals surface area contributed by atoms with E-state index in [2.05, 4.69) is 51.3 Å². The van der Waals surface area contributed by atoms with E-state index in [1.807, 2.05) is 12.1 Å². The highest BCUT2D eigenvalue weighted by molar-refractivity contribution is 5.93. The average molecular weight is 443 g/mol. The van der Waals surface area contributed by atoms with Gasteiger partial charge in [0.15, 0.2) is 5.65 Å². The number of piperazine rings is 1. The Labute approximate surface area is 192 Å². The van der Waals surface area contributed by atoms with Gasteiger partial charge in [-0.15, -0.1) is 0 Å². The molecule has 9 nitrogen and oxygen atoms in total. The van der Waals surface area contributed by atoms with Gasteiger partial charge >= 0.3 is 0 Å². The van der Waals surface area contributed by atoms with Gasteiger partial charge in [0.05, 0.1) is 23.9 Å². The fourth-order valence-electron chi connectivity index (χ4n) is 4.13. The highest BCUT2D eigenvalue weighted by Crippen LogP contribution is 2.24. The molecule has 3 heterocycles. The molecule has 0 radical (unpaired) electrons. The van der Waals surface area contributed by atoms with Crippen LogP contribution in [0, 0.1) is 22.7 Å². The molecule has 1 amide bonds. The van der Waals surface area contributed by atoms with Crippen molar-refractivity contribution in [1.82, 2.24) is 24.8 Å². The average Bonchev–Trinajstić information content (AvgIpc) is 3.24. The molecule has 3 aromatic rings. The first-order valence-electron chi connectivity index (χ1n) is 11.0. The molecule has 1 aromatic carbocycles. The number of aromatic nitrogens is 3. The monoisotopic (exact) mass is 442 g/mol. The molecule has 168 valence electrons. The van der Waals surface area contributed by atoms with E-state index in [1.165, 1.54) is 0 Å². The number of fused-ring (bicyclic) bond motifs is 1. The lowest BCUT2D eigenvalue weighted by atomic mass is 10.1. The van der Waals surface area contributed by atoms with Crippen molar-refractivity contribution in [2.45, 2.75) is 32.4 Å². The van der Waals surface area contributed by atoms with Crippen molar-refractivity contribution < 1.29 is 4.79 Å². The predicted molar refractivity (Wildman–Crippen MR) is 124 cm³/mol. The van der Waals surface area contributed by atoms with Gasteiger partial charge in [-0.05, 0) is 38.1 Å². The molecule has 1 atom stereocenters. The lowest BCUT2D eigenvalue weighted by Gasteiger charge is -2.39. The number of likely N-dealkylation sites (N-methyl/N-ethyl adjacent to an activating group) is 1. The molecule has 2 aromatic heterocycles. The van der Waals surface area contributed by atoms with Crippen molar-refractivity contribution in [1.29, 1.82) is 10.5 Å². The molecular formula is C24H26N8O. The minimum Gasteiger partial charge on any atom is -0.351 e. The fourth-order valence-corrected chi connectivity index (χ4v) is 4.13. The van der Waals surface area contributed by atoms with Gasteiger partial charge in [0.25, 0.3) is 5.91 Å². The first-order valence-corrected chi connectivity index (χ1v) is 11.0. The summed E-state index contributed by atoms with van der Waals surface area (Å²) < 4.78 is 1.78. The zero-order chi connectivity index (χ0) is 23.4. The van der Waals surface area contributed by atoms with Crippen LogP contribution in [-0.2, 0) is 13.0 Å². The van der Waals surface area contributed by atoms with Gasteiger partial charge in [0.1, 0.15) is 11.5 Å². The number of hydrogen-bond acceptors (Lipinski definition) is 7. The number of rotatable bonds is 6. The highest BCUT2D eigenvalue weighted by atomic mass is 16.1. The summed E-state index contributed by atoms with van der Waals surface area (Å²) in [6.45, 7) is 5.13. The number of benzene rings is 1. The Morgan fingerprint density at radius 1 is 1.24 bits per heavy atom. The van der Waals surface area contributed by atoms with Crippen LogP contribution in [0.3, 0.4) is 0 Å². The van der Waals surface area contributed by atoms with Gasteiger partial charge in [-0.2, -0.15) is 20.1 Å². The summed E-state index contributed by atoms with van der Waals surface area (Å²) in [4.78, 5) is 22.2. The summed E-state index contributed by atoms with van der Waals surface area (Å²) in [5.41, 5.74) is 3.25. The van der Waals surface area contributed by atoms with Gasteiger partial charge < -0.3 is 15.1 Å². The number of nitrogens with zero attached hydrogens (tertiary/aromatic N) is 7. The number of carbonyl (C=O) groups excluding carboxylic acids is 1. The number of nitriles is 2. The van der Waals surface area contributed by atoms with E-state index < -0.39 is 0 Å². The first kappa shape index (κ1) is 22.3. The topological polar surface area (TPSA) is 113 Å². The van der Waals surface area contributed by atoms with Gasteiger partial charge in [-0.1, -0.05) is 12.1 Å². The molecule has 1 aliphatic heterocycles. The number of anilines is 1. The maximum absolute atomic E-state index is 13.1. The molecule has 1 fully saturated rings. The third-order valence-electron chi connectivity index (χ3n) is 5.93. The third kappa shape index (κ3) is 4.79. The van der Waals surface area contributed by atoms with E-state index in [9.17, 15) is 4.79 Å². The zero-order valence-electron chi connectivity index (χ0n) is 18.8. The Kier molecular flexibility index (Phi) is 6.53. The summed E-state index contributed by atoms with van der Waals surface area (Å²) in [5.74, 6) is 0.546. The van der Waals surface area contributed by atoms with Crippen LogP contribution in [0.15, 0.2) is 36.5 Å². The molecule has 1 N–H and O–H groups in total. The second-order valence-corrected chi connectivity index (χ2v) is 8.36. The Bertz CT molecular complexity index is 1230. The van der Waals surface area contributed by atoms with Crippen LogP contribution in [0.4, 0.5) is 5.82 Å². The van der Waals surface area contributed by atoms with Gasteiger partial charge in [-0.25, -0.2) is 4.98 Å². The number of nitrogens with one attached hydrogen (secondary N) is 1. The first-order chi connectivity index (χ1) is 16.0. The molecule has 1 saturated heterocycles. The molecular weight excluding hydrogens is 416 g/mol. The second kappa shape index (κ2) is 9.68. The maximum atomic E-state index is 13.1. The van der Waals surface area contributed by atoms with E-state index >= 15 is 0 Å². The minimum atomic E-state index is -0.280. The van der Waals surface area contributed by atoms with E-state index in [-0.39, 0.29) is 11.9 Å². The Hall–Kier alpha value is -3.95. The normalized spacial score (nSPS) is 16.4. The van der Waals surface area contributed by atoms with Crippen molar-refractivity contribution in [3.05, 3.63) is 58.9 Å². The molecule has 33 heavy (non-hydrogen) atoms. The van der Waals surface area contributed by atoms with Crippen LogP contribution in [0.25, 0.3) is 5.65 Å². The Balaban J connectivity index is 1.65. The Morgan fingerprint density at radius 3 is 2.73 bits per heavy atom. The molecule has 0 unspecified atom stereocenters. The molecule has 0 spiro atoms. The summed E-state index contributed by atoms with van der Waals surface area (Å²) >= 11 is 0. The third-order valence-corrected chi connectivity index (χ3v) is 5.93. The summed E-state index contributed by atoms with van der Waals surface area (Å²) in [7, 11) is 2.10.